The second kappa shape index (κ2) is 5.98. The molecule has 0 bridgehead atoms. The van der Waals surface area contributed by atoms with Crippen LogP contribution in [0.2, 0.25) is 5.82 Å². The van der Waals surface area contributed by atoms with Crippen molar-refractivity contribution in [2.45, 2.75) is 25.3 Å². The number of aliphatic hydroxyl groups excluding tert-OH is 1. The van der Waals surface area contributed by atoms with Crippen LogP contribution in [0.3, 0.4) is 0 Å². The van der Waals surface area contributed by atoms with E-state index in [4.69, 9.17) is 15.2 Å². The molecule has 0 heterocycles. The molecular weight excluding hydrogens is 183 g/mol. The topological polar surface area (TPSA) is 80.9 Å². The maximum atomic E-state index is 9.40. The lowest BCUT2D eigenvalue weighted by Gasteiger charge is -2.15. The molecule has 0 radical (unpaired) electrons. The van der Waals surface area contributed by atoms with E-state index in [1.54, 1.807) is 19.1 Å². The molecule has 0 aromatic carbocycles. The molecule has 14 heavy (non-hydrogen) atoms. The van der Waals surface area contributed by atoms with Gasteiger partial charge in [0.1, 0.15) is 5.60 Å². The van der Waals surface area contributed by atoms with Crippen LogP contribution in [-0.2, 0) is 0 Å². The summed E-state index contributed by atoms with van der Waals surface area (Å²) < 4.78 is 0. The molecule has 2 atom stereocenters. The fraction of sp³-hybridized carbons (Fsp3) is 0.556. The van der Waals surface area contributed by atoms with Crippen LogP contribution in [0.1, 0.15) is 13.8 Å². The number of hydrogen-bond acceptors (Lipinski definition) is 4. The van der Waals surface area contributed by atoms with Crippen molar-refractivity contribution >= 4 is 7.12 Å². The molecule has 0 fully saturated rings. The Labute approximate surface area is 84.3 Å². The summed E-state index contributed by atoms with van der Waals surface area (Å²) in [6.07, 6.45) is 6.06. The second-order valence-corrected chi connectivity index (χ2v) is 3.39. The average Bonchev–Trinajstić information content (AvgIpc) is 2.12. The van der Waals surface area contributed by atoms with Crippen LogP contribution < -0.4 is 0 Å². The first-order chi connectivity index (χ1) is 6.43. The van der Waals surface area contributed by atoms with E-state index in [1.807, 2.05) is 0 Å². The van der Waals surface area contributed by atoms with E-state index in [2.05, 4.69) is 0 Å². The van der Waals surface area contributed by atoms with Crippen molar-refractivity contribution in [1.29, 1.82) is 0 Å². The molecule has 4 nitrogen and oxygen atoms in total. The largest absolute Gasteiger partial charge is 0.462 e. The van der Waals surface area contributed by atoms with Gasteiger partial charge in [0.25, 0.3) is 0 Å². The van der Waals surface area contributed by atoms with Crippen LogP contribution in [0, 0.1) is 0 Å². The molecule has 0 amide bonds. The smallest absolute Gasteiger partial charge is 0.426 e. The van der Waals surface area contributed by atoms with Crippen molar-refractivity contribution in [3.8, 4) is 0 Å². The van der Waals surface area contributed by atoms with E-state index in [-0.39, 0.29) is 0 Å². The van der Waals surface area contributed by atoms with Gasteiger partial charge >= 0.3 is 7.12 Å². The highest BCUT2D eigenvalue weighted by atomic mass is 16.4. The summed E-state index contributed by atoms with van der Waals surface area (Å²) in [5.74, 6) is -0.571. The van der Waals surface area contributed by atoms with E-state index in [0.717, 1.165) is 0 Å². The Hall–Kier alpha value is -0.615. The molecule has 80 valence electrons. The third-order valence-corrected chi connectivity index (χ3v) is 1.76. The van der Waals surface area contributed by atoms with Crippen molar-refractivity contribution in [2.75, 3.05) is 6.61 Å². The lowest BCUT2D eigenvalue weighted by Crippen LogP contribution is -2.26. The van der Waals surface area contributed by atoms with Gasteiger partial charge in [-0.05, 0) is 13.8 Å². The van der Waals surface area contributed by atoms with Gasteiger partial charge in [0.2, 0.25) is 0 Å². The molecule has 0 aliphatic carbocycles. The van der Waals surface area contributed by atoms with Gasteiger partial charge in [-0.2, -0.15) is 0 Å². The zero-order valence-corrected chi connectivity index (χ0v) is 8.46. The fourth-order valence-electron chi connectivity index (χ4n) is 0.856. The van der Waals surface area contributed by atoms with Crippen molar-refractivity contribution in [3.05, 3.63) is 24.3 Å². The molecular formula is C9H17BO4. The standard InChI is InChI=1S/C9H17BO4/c1-3-4-8(10(13)14)5-6-9(2,12)7-11/h3-6,8,11-14H,7H2,1-2H3/b4-3+,6-5+. The predicted octanol–water partition coefficient (Wildman–Crippen LogP) is -0.295. The van der Waals surface area contributed by atoms with Gasteiger partial charge in [0.15, 0.2) is 0 Å². The highest BCUT2D eigenvalue weighted by Gasteiger charge is 2.20. The highest BCUT2D eigenvalue weighted by molar-refractivity contribution is 6.44. The van der Waals surface area contributed by atoms with Crippen LogP contribution in [0.15, 0.2) is 24.3 Å². The number of rotatable bonds is 5. The van der Waals surface area contributed by atoms with Crippen molar-refractivity contribution in [2.24, 2.45) is 0 Å². The minimum absolute atomic E-state index is 0.409. The normalized spacial score (nSPS) is 18.7. The Bertz CT molecular complexity index is 211. The van der Waals surface area contributed by atoms with Gasteiger partial charge in [-0.25, -0.2) is 0 Å². The van der Waals surface area contributed by atoms with Gasteiger partial charge in [-0.1, -0.05) is 24.3 Å². The Balaban J connectivity index is 4.44. The Morgan fingerprint density at radius 3 is 2.29 bits per heavy atom. The number of aliphatic hydroxyl groups is 2. The average molecular weight is 200 g/mol. The molecule has 5 heteroatoms. The summed E-state index contributed by atoms with van der Waals surface area (Å²) in [4.78, 5) is 0. The summed E-state index contributed by atoms with van der Waals surface area (Å²) in [5, 5.41) is 36.0. The lowest BCUT2D eigenvalue weighted by molar-refractivity contribution is 0.0433. The SMILES string of the molecule is C/C=C/C(/C=C/C(C)(O)CO)B(O)O. The van der Waals surface area contributed by atoms with Crippen molar-refractivity contribution in [3.63, 3.8) is 0 Å². The summed E-state index contributed by atoms with van der Waals surface area (Å²) in [6, 6.07) is 0. The van der Waals surface area contributed by atoms with Crippen LogP contribution in [0.4, 0.5) is 0 Å². The minimum atomic E-state index is -1.50. The van der Waals surface area contributed by atoms with E-state index in [9.17, 15) is 5.11 Å². The molecule has 0 aliphatic rings. The van der Waals surface area contributed by atoms with E-state index in [1.165, 1.54) is 19.1 Å². The summed E-state index contributed by atoms with van der Waals surface area (Å²) in [5.41, 5.74) is -1.32. The zero-order chi connectivity index (χ0) is 11.2. The molecule has 0 aromatic heterocycles. The minimum Gasteiger partial charge on any atom is -0.426 e. The first-order valence-corrected chi connectivity index (χ1v) is 4.44. The van der Waals surface area contributed by atoms with Crippen LogP contribution in [0.25, 0.3) is 0 Å². The quantitative estimate of drug-likeness (QED) is 0.363. The van der Waals surface area contributed by atoms with Gasteiger partial charge in [-0.15, -0.1) is 0 Å². The molecule has 4 N–H and O–H groups in total. The van der Waals surface area contributed by atoms with Crippen LogP contribution >= 0.6 is 0 Å². The third-order valence-electron chi connectivity index (χ3n) is 1.76. The van der Waals surface area contributed by atoms with Gasteiger partial charge in [0.05, 0.1) is 6.61 Å². The van der Waals surface area contributed by atoms with E-state index in [0.29, 0.717) is 0 Å². The van der Waals surface area contributed by atoms with Crippen LogP contribution in [-0.4, -0.2) is 39.6 Å². The molecule has 0 saturated heterocycles. The summed E-state index contributed by atoms with van der Waals surface area (Å²) in [7, 11) is -1.50. The summed E-state index contributed by atoms with van der Waals surface area (Å²) >= 11 is 0. The molecule has 2 unspecified atom stereocenters. The van der Waals surface area contributed by atoms with E-state index < -0.39 is 25.1 Å². The third kappa shape index (κ3) is 5.19. The monoisotopic (exact) mass is 200 g/mol. The van der Waals surface area contributed by atoms with Gasteiger partial charge < -0.3 is 20.3 Å². The molecule has 0 aliphatic heterocycles. The Morgan fingerprint density at radius 1 is 1.36 bits per heavy atom. The zero-order valence-electron chi connectivity index (χ0n) is 8.46. The predicted molar refractivity (Wildman–Crippen MR) is 55.6 cm³/mol. The maximum absolute atomic E-state index is 9.40. The van der Waals surface area contributed by atoms with E-state index >= 15 is 0 Å². The van der Waals surface area contributed by atoms with Crippen molar-refractivity contribution in [1.82, 2.24) is 0 Å². The molecule has 0 saturated carbocycles. The second-order valence-electron chi connectivity index (χ2n) is 3.39. The van der Waals surface area contributed by atoms with Gasteiger partial charge in [-0.3, -0.25) is 0 Å². The van der Waals surface area contributed by atoms with Crippen molar-refractivity contribution < 1.29 is 20.3 Å². The highest BCUT2D eigenvalue weighted by Crippen LogP contribution is 2.14. The molecule has 0 rings (SSSR count). The van der Waals surface area contributed by atoms with Crippen LogP contribution in [0.5, 0.6) is 0 Å². The first-order valence-electron chi connectivity index (χ1n) is 4.44. The lowest BCUT2D eigenvalue weighted by atomic mass is 9.72. The molecule has 0 aromatic rings. The maximum Gasteiger partial charge on any atom is 0.462 e. The van der Waals surface area contributed by atoms with Gasteiger partial charge in [0, 0.05) is 5.82 Å². The number of hydrogen-bond donors (Lipinski definition) is 4. The number of allylic oxidation sites excluding steroid dienone is 3. The Kier molecular flexibility index (Phi) is 5.72. The summed E-state index contributed by atoms with van der Waals surface area (Å²) in [6.45, 7) is 2.78. The Morgan fingerprint density at radius 2 is 1.93 bits per heavy atom. The molecule has 0 spiro atoms. The first kappa shape index (κ1) is 13.4. The fourth-order valence-corrected chi connectivity index (χ4v) is 0.856.